The molecular formula is C20H28N2. The maximum Gasteiger partial charge on any atom is 0.0367 e. The predicted octanol–water partition coefficient (Wildman–Crippen LogP) is 3.78. The van der Waals surface area contributed by atoms with Crippen LogP contribution in [0.3, 0.4) is 0 Å². The monoisotopic (exact) mass is 296 g/mol. The van der Waals surface area contributed by atoms with Crippen LogP contribution in [0.1, 0.15) is 38.5 Å². The maximum absolute atomic E-state index is 2.91. The third-order valence-corrected chi connectivity index (χ3v) is 7.08. The molecule has 0 unspecified atom stereocenters. The van der Waals surface area contributed by atoms with Gasteiger partial charge in [0.05, 0.1) is 0 Å². The molecule has 0 amide bonds. The molecule has 5 aliphatic rings. The average Bonchev–Trinajstić information content (AvgIpc) is 2.55. The summed E-state index contributed by atoms with van der Waals surface area (Å²) >= 11 is 0. The summed E-state index contributed by atoms with van der Waals surface area (Å²) < 4.78 is 0. The second kappa shape index (κ2) is 4.99. The molecule has 0 spiro atoms. The minimum Gasteiger partial charge on any atom is -0.369 e. The van der Waals surface area contributed by atoms with Gasteiger partial charge in [-0.15, -0.1) is 0 Å². The highest BCUT2D eigenvalue weighted by molar-refractivity contribution is 5.46. The molecule has 0 aromatic heterocycles. The number of anilines is 1. The zero-order chi connectivity index (χ0) is 14.6. The van der Waals surface area contributed by atoms with E-state index in [4.69, 9.17) is 0 Å². The molecule has 1 aromatic rings. The smallest absolute Gasteiger partial charge is 0.0367 e. The van der Waals surface area contributed by atoms with Gasteiger partial charge in [-0.05, 0) is 68.4 Å². The molecule has 4 bridgehead atoms. The molecule has 1 saturated heterocycles. The van der Waals surface area contributed by atoms with E-state index in [0.717, 1.165) is 17.8 Å². The lowest BCUT2D eigenvalue weighted by molar-refractivity contribution is -0.0901. The first-order valence-corrected chi connectivity index (χ1v) is 9.36. The van der Waals surface area contributed by atoms with Gasteiger partial charge < -0.3 is 4.90 Å². The molecule has 0 N–H and O–H groups in total. The van der Waals surface area contributed by atoms with Gasteiger partial charge in [-0.25, -0.2) is 0 Å². The summed E-state index contributed by atoms with van der Waals surface area (Å²) in [5.74, 6) is 3.20. The fraction of sp³-hybridized carbons (Fsp3) is 0.700. The van der Waals surface area contributed by atoms with Gasteiger partial charge in [0.1, 0.15) is 0 Å². The van der Waals surface area contributed by atoms with Crippen molar-refractivity contribution in [2.45, 2.75) is 44.1 Å². The van der Waals surface area contributed by atoms with E-state index in [2.05, 4.69) is 40.1 Å². The summed E-state index contributed by atoms with van der Waals surface area (Å²) in [6, 6.07) is 11.0. The van der Waals surface area contributed by atoms with E-state index in [1.165, 1.54) is 51.1 Å². The molecule has 2 heteroatoms. The standard InChI is InChI=1S/C20H28N2/c1-2-4-19(5-3-1)21-6-8-22(9-7-21)20-13-16-10-17(14-20)12-18(11-16)15-20/h1-5,16-18H,6-15H2. The first-order chi connectivity index (χ1) is 10.8. The van der Waals surface area contributed by atoms with Crippen molar-refractivity contribution in [2.75, 3.05) is 31.1 Å². The normalized spacial score (nSPS) is 41.1. The molecule has 6 rings (SSSR count). The SMILES string of the molecule is c1ccc(N2CCN(C34CC5CC(CC(C5)C3)C4)CC2)cc1. The lowest BCUT2D eigenvalue weighted by Gasteiger charge is -2.61. The molecular weight excluding hydrogens is 268 g/mol. The Kier molecular flexibility index (Phi) is 3.04. The third kappa shape index (κ3) is 2.11. The van der Waals surface area contributed by atoms with E-state index in [1.807, 2.05) is 0 Å². The molecule has 4 saturated carbocycles. The molecule has 1 aliphatic heterocycles. The molecule has 2 nitrogen and oxygen atoms in total. The molecule has 0 radical (unpaired) electrons. The van der Waals surface area contributed by atoms with Gasteiger partial charge >= 0.3 is 0 Å². The summed E-state index contributed by atoms with van der Waals surface area (Å²) in [6.07, 6.45) is 9.23. The Labute approximate surface area is 134 Å². The van der Waals surface area contributed by atoms with Crippen LogP contribution in [0.15, 0.2) is 30.3 Å². The Hall–Kier alpha value is -1.02. The van der Waals surface area contributed by atoms with E-state index in [0.29, 0.717) is 5.54 Å². The van der Waals surface area contributed by atoms with Crippen LogP contribution in [0.5, 0.6) is 0 Å². The lowest BCUT2D eigenvalue weighted by Crippen LogP contribution is -2.63. The summed E-state index contributed by atoms with van der Waals surface area (Å²) in [6.45, 7) is 4.99. The second-order valence-corrected chi connectivity index (χ2v) is 8.45. The Morgan fingerprint density at radius 2 is 1.27 bits per heavy atom. The Morgan fingerprint density at radius 1 is 0.727 bits per heavy atom. The number of hydrogen-bond donors (Lipinski definition) is 0. The van der Waals surface area contributed by atoms with Crippen molar-refractivity contribution in [3.63, 3.8) is 0 Å². The number of nitrogens with zero attached hydrogens (tertiary/aromatic N) is 2. The number of rotatable bonds is 2. The van der Waals surface area contributed by atoms with Crippen molar-refractivity contribution in [3.8, 4) is 0 Å². The van der Waals surface area contributed by atoms with Crippen LogP contribution in [0.4, 0.5) is 5.69 Å². The van der Waals surface area contributed by atoms with Gasteiger partial charge in [-0.1, -0.05) is 18.2 Å². The fourth-order valence-corrected chi connectivity index (χ4v) is 6.53. The van der Waals surface area contributed by atoms with Crippen LogP contribution in [0.25, 0.3) is 0 Å². The van der Waals surface area contributed by atoms with Gasteiger partial charge in [0.25, 0.3) is 0 Å². The van der Waals surface area contributed by atoms with Gasteiger partial charge in [0.2, 0.25) is 0 Å². The molecule has 0 atom stereocenters. The molecule has 5 fully saturated rings. The first-order valence-electron chi connectivity index (χ1n) is 9.36. The third-order valence-electron chi connectivity index (χ3n) is 7.08. The maximum atomic E-state index is 2.91. The van der Waals surface area contributed by atoms with Gasteiger partial charge in [0, 0.05) is 37.4 Å². The van der Waals surface area contributed by atoms with Crippen LogP contribution in [-0.4, -0.2) is 36.6 Å². The largest absolute Gasteiger partial charge is 0.369 e. The quantitative estimate of drug-likeness (QED) is 0.819. The first kappa shape index (κ1) is 13.4. The zero-order valence-corrected chi connectivity index (χ0v) is 13.6. The Bertz CT molecular complexity index is 495. The molecule has 118 valence electrons. The van der Waals surface area contributed by atoms with Gasteiger partial charge in [0.15, 0.2) is 0 Å². The summed E-state index contributed by atoms with van der Waals surface area (Å²) in [7, 11) is 0. The van der Waals surface area contributed by atoms with E-state index in [9.17, 15) is 0 Å². The van der Waals surface area contributed by atoms with Gasteiger partial charge in [-0.2, -0.15) is 0 Å². The Balaban J connectivity index is 1.30. The van der Waals surface area contributed by atoms with Crippen molar-refractivity contribution in [2.24, 2.45) is 17.8 Å². The topological polar surface area (TPSA) is 6.48 Å². The second-order valence-electron chi connectivity index (χ2n) is 8.45. The van der Waals surface area contributed by atoms with Crippen molar-refractivity contribution in [3.05, 3.63) is 30.3 Å². The van der Waals surface area contributed by atoms with E-state index < -0.39 is 0 Å². The van der Waals surface area contributed by atoms with E-state index in [1.54, 1.807) is 19.3 Å². The minimum absolute atomic E-state index is 0.609. The van der Waals surface area contributed by atoms with Crippen molar-refractivity contribution >= 4 is 5.69 Å². The predicted molar refractivity (Wildman–Crippen MR) is 91.1 cm³/mol. The number of para-hydroxylation sites is 1. The van der Waals surface area contributed by atoms with Crippen LogP contribution >= 0.6 is 0 Å². The highest BCUT2D eigenvalue weighted by atomic mass is 15.3. The summed E-state index contributed by atoms with van der Waals surface area (Å²) in [4.78, 5) is 5.49. The molecule has 22 heavy (non-hydrogen) atoms. The fourth-order valence-electron chi connectivity index (χ4n) is 6.53. The number of benzene rings is 1. The van der Waals surface area contributed by atoms with Crippen LogP contribution in [-0.2, 0) is 0 Å². The van der Waals surface area contributed by atoms with Crippen molar-refractivity contribution in [1.82, 2.24) is 4.90 Å². The van der Waals surface area contributed by atoms with Crippen LogP contribution in [0, 0.1) is 17.8 Å². The molecule has 1 heterocycles. The molecule has 4 aliphatic carbocycles. The number of piperazine rings is 1. The van der Waals surface area contributed by atoms with E-state index >= 15 is 0 Å². The van der Waals surface area contributed by atoms with Gasteiger partial charge in [-0.3, -0.25) is 4.90 Å². The van der Waals surface area contributed by atoms with Crippen molar-refractivity contribution in [1.29, 1.82) is 0 Å². The van der Waals surface area contributed by atoms with Crippen LogP contribution < -0.4 is 4.90 Å². The Morgan fingerprint density at radius 3 is 1.82 bits per heavy atom. The van der Waals surface area contributed by atoms with Crippen molar-refractivity contribution < 1.29 is 0 Å². The minimum atomic E-state index is 0.609. The zero-order valence-electron chi connectivity index (χ0n) is 13.6. The average molecular weight is 296 g/mol. The number of hydrogen-bond acceptors (Lipinski definition) is 2. The summed E-state index contributed by atoms with van der Waals surface area (Å²) in [5.41, 5.74) is 2.02. The molecule has 1 aromatic carbocycles. The van der Waals surface area contributed by atoms with E-state index in [-0.39, 0.29) is 0 Å². The highest BCUT2D eigenvalue weighted by Gasteiger charge is 2.53. The lowest BCUT2D eigenvalue weighted by atomic mass is 9.52. The highest BCUT2D eigenvalue weighted by Crippen LogP contribution is 2.57. The summed E-state index contributed by atoms with van der Waals surface area (Å²) in [5, 5.41) is 0. The van der Waals surface area contributed by atoms with Crippen LogP contribution in [0.2, 0.25) is 0 Å².